The third-order valence-corrected chi connectivity index (χ3v) is 12.2. The zero-order valence-electron chi connectivity index (χ0n) is 22.4. The largest absolute Gasteiger partial charge is 0.458 e. The lowest BCUT2D eigenvalue weighted by atomic mass is 9.44. The zero-order chi connectivity index (χ0) is 27.4. The Morgan fingerprint density at radius 1 is 1.18 bits per heavy atom. The second-order valence-electron chi connectivity index (χ2n) is 13.1. The van der Waals surface area contributed by atoms with Crippen LogP contribution in [0, 0.1) is 40.4 Å². The van der Waals surface area contributed by atoms with E-state index >= 15 is 0 Å². The molecule has 6 aliphatic rings. The van der Waals surface area contributed by atoms with Gasteiger partial charge in [-0.15, -0.1) is 0 Å². The fourth-order valence-electron chi connectivity index (χ4n) is 9.81. The second-order valence-corrected chi connectivity index (χ2v) is 14.2. The van der Waals surface area contributed by atoms with Gasteiger partial charge in [0.15, 0.2) is 5.78 Å². The van der Waals surface area contributed by atoms with Crippen molar-refractivity contribution in [3.63, 3.8) is 0 Å². The van der Waals surface area contributed by atoms with Gasteiger partial charge in [-0.2, -0.15) is 8.42 Å². The summed E-state index contributed by atoms with van der Waals surface area (Å²) in [5.74, 6) is 0.864. The van der Waals surface area contributed by atoms with Crippen molar-refractivity contribution < 1.29 is 41.3 Å². The predicted molar refractivity (Wildman–Crippen MR) is 135 cm³/mol. The number of esters is 1. The first kappa shape index (κ1) is 26.6. The molecule has 0 aromatic rings. The van der Waals surface area contributed by atoms with Gasteiger partial charge in [0.1, 0.15) is 24.4 Å². The Hall–Kier alpha value is -1.59. The van der Waals surface area contributed by atoms with Crippen molar-refractivity contribution in [1.29, 1.82) is 0 Å². The number of hydrogen-bond acceptors (Lipinski definition) is 8. The number of aliphatic hydroxyl groups excluding tert-OH is 1. The Kier molecular flexibility index (Phi) is 5.93. The molecule has 1 saturated heterocycles. The lowest BCUT2D eigenvalue weighted by molar-refractivity contribution is -0.155. The number of epoxide rings is 1. The summed E-state index contributed by atoms with van der Waals surface area (Å²) in [7, 11) is -4.65. The minimum absolute atomic E-state index is 0.0381. The summed E-state index contributed by atoms with van der Waals surface area (Å²) in [6.07, 6.45) is 7.33. The molecule has 0 aromatic carbocycles. The van der Waals surface area contributed by atoms with E-state index in [9.17, 15) is 23.1 Å². The fourth-order valence-corrected chi connectivity index (χ4v) is 10.1. The molecular weight excluding hydrogens is 512 g/mol. The molecule has 2 aliphatic heterocycles. The Labute approximate surface area is 223 Å². The minimum atomic E-state index is -4.65. The summed E-state index contributed by atoms with van der Waals surface area (Å²) >= 11 is 0. The molecule has 3 saturated carbocycles. The Morgan fingerprint density at radius 3 is 2.61 bits per heavy atom. The first-order valence-corrected chi connectivity index (χ1v) is 15.2. The van der Waals surface area contributed by atoms with E-state index in [-0.39, 0.29) is 40.8 Å². The van der Waals surface area contributed by atoms with Crippen LogP contribution < -0.4 is 0 Å². The zero-order valence-corrected chi connectivity index (χ0v) is 23.2. The molecule has 0 aromatic heterocycles. The number of carbonyl (C=O) groups is 2. The normalized spacial score (nSPS) is 48.5. The van der Waals surface area contributed by atoms with Crippen molar-refractivity contribution in [2.45, 2.75) is 90.1 Å². The molecule has 9 nitrogen and oxygen atoms in total. The third-order valence-electron chi connectivity index (χ3n) is 11.8. The van der Waals surface area contributed by atoms with Gasteiger partial charge in [0.05, 0.1) is 17.1 Å². The van der Waals surface area contributed by atoms with Gasteiger partial charge in [-0.05, 0) is 93.1 Å². The summed E-state index contributed by atoms with van der Waals surface area (Å²) in [5.41, 5.74) is -0.582. The SMILES string of the molecule is CC1=C(COS(=O)(=O)O)C(=O)OC([C@@H](C)C2CCC3C4C[C@H]5OC56[C@@H](O)C=CC(=O)[C@]6(C)C4CC[C@@]32C)C1. The predicted octanol–water partition coefficient (Wildman–Crippen LogP) is 3.18. The number of carbonyl (C=O) groups excluding carboxylic acids is 2. The smallest absolute Gasteiger partial charge is 0.397 e. The van der Waals surface area contributed by atoms with Crippen LogP contribution in [0.1, 0.15) is 66.2 Å². The Morgan fingerprint density at radius 2 is 1.92 bits per heavy atom. The van der Waals surface area contributed by atoms with Crippen LogP contribution in [0.4, 0.5) is 0 Å². The second kappa shape index (κ2) is 8.46. The molecule has 4 fully saturated rings. The highest BCUT2D eigenvalue weighted by atomic mass is 32.3. The number of cyclic esters (lactones) is 1. The van der Waals surface area contributed by atoms with Gasteiger partial charge in [0.2, 0.25) is 0 Å². The Bertz CT molecular complexity index is 1240. The van der Waals surface area contributed by atoms with Crippen molar-refractivity contribution in [1.82, 2.24) is 0 Å². The molecule has 0 bridgehead atoms. The summed E-state index contributed by atoms with van der Waals surface area (Å²) in [4.78, 5) is 26.1. The van der Waals surface area contributed by atoms with Gasteiger partial charge in [-0.3, -0.25) is 9.35 Å². The number of fused-ring (bicyclic) bond motifs is 4. The first-order chi connectivity index (χ1) is 17.7. The van der Waals surface area contributed by atoms with Crippen LogP contribution in [0.15, 0.2) is 23.3 Å². The van der Waals surface area contributed by atoms with Crippen molar-refractivity contribution in [3.05, 3.63) is 23.3 Å². The van der Waals surface area contributed by atoms with Crippen molar-refractivity contribution in [2.24, 2.45) is 40.4 Å². The monoisotopic (exact) mass is 550 g/mol. The lowest BCUT2D eigenvalue weighted by Crippen LogP contribution is -2.63. The molecule has 0 radical (unpaired) electrons. The quantitative estimate of drug-likeness (QED) is 0.300. The van der Waals surface area contributed by atoms with E-state index < -0.39 is 40.1 Å². The van der Waals surface area contributed by atoms with E-state index in [1.165, 1.54) is 0 Å². The van der Waals surface area contributed by atoms with E-state index in [0.717, 1.165) is 37.7 Å². The minimum Gasteiger partial charge on any atom is -0.458 e. The standard InChI is InChI=1S/C28H38O9S/c1-14-11-21(36-25(31)17(14)13-35-38(32,33)34)15(2)18-5-6-19-16-12-24-28(37-24)23(30)8-7-22(29)27(28,4)20(16)9-10-26(18,19)3/h7-8,15-16,18-21,23-24,30H,5-6,9-13H2,1-4H3,(H,32,33,34)/t15-,16?,18?,19?,20?,21?,23-,24+,26+,27-,28?/m0/s1. The molecule has 2 heterocycles. The molecule has 1 spiro atoms. The number of aliphatic hydroxyl groups is 1. The van der Waals surface area contributed by atoms with Crippen molar-refractivity contribution >= 4 is 22.2 Å². The molecule has 4 aliphatic carbocycles. The van der Waals surface area contributed by atoms with Crippen LogP contribution in [0.3, 0.4) is 0 Å². The van der Waals surface area contributed by atoms with Gasteiger partial charge >= 0.3 is 16.4 Å². The van der Waals surface area contributed by atoms with Crippen LogP contribution in [-0.4, -0.2) is 60.3 Å². The average molecular weight is 551 g/mol. The number of ketones is 1. The highest BCUT2D eigenvalue weighted by Crippen LogP contribution is 2.73. The van der Waals surface area contributed by atoms with E-state index in [4.69, 9.17) is 14.0 Å². The fraction of sp³-hybridized carbons (Fsp3) is 0.786. The van der Waals surface area contributed by atoms with E-state index in [1.807, 2.05) is 6.92 Å². The van der Waals surface area contributed by atoms with Crippen molar-refractivity contribution in [2.75, 3.05) is 6.61 Å². The van der Waals surface area contributed by atoms with Gasteiger partial charge in [-0.1, -0.05) is 19.4 Å². The summed E-state index contributed by atoms with van der Waals surface area (Å²) in [5, 5.41) is 10.9. The molecule has 10 heteroatoms. The maximum atomic E-state index is 13.3. The highest BCUT2D eigenvalue weighted by Gasteiger charge is 2.80. The molecular formula is C28H38O9S. The summed E-state index contributed by atoms with van der Waals surface area (Å²) in [6, 6.07) is 0. The molecule has 210 valence electrons. The van der Waals surface area contributed by atoms with E-state index in [1.54, 1.807) is 19.1 Å². The number of ether oxygens (including phenoxy) is 2. The van der Waals surface area contributed by atoms with Crippen LogP contribution in [0.25, 0.3) is 0 Å². The van der Waals surface area contributed by atoms with Gasteiger partial charge in [0.25, 0.3) is 0 Å². The summed E-state index contributed by atoms with van der Waals surface area (Å²) in [6.45, 7) is 7.79. The number of allylic oxidation sites excluding steroid dienone is 1. The van der Waals surface area contributed by atoms with Crippen LogP contribution in [0.5, 0.6) is 0 Å². The first-order valence-electron chi connectivity index (χ1n) is 13.8. The molecule has 38 heavy (non-hydrogen) atoms. The number of hydrogen-bond donors (Lipinski definition) is 2. The van der Waals surface area contributed by atoms with E-state index in [2.05, 4.69) is 18.0 Å². The van der Waals surface area contributed by atoms with Gasteiger partial charge in [-0.25, -0.2) is 8.98 Å². The van der Waals surface area contributed by atoms with E-state index in [0.29, 0.717) is 24.2 Å². The molecule has 6 rings (SSSR count). The van der Waals surface area contributed by atoms with Gasteiger partial charge in [0, 0.05) is 6.42 Å². The maximum absolute atomic E-state index is 13.3. The lowest BCUT2D eigenvalue weighted by Gasteiger charge is -2.58. The molecule has 6 unspecified atom stereocenters. The maximum Gasteiger partial charge on any atom is 0.397 e. The highest BCUT2D eigenvalue weighted by molar-refractivity contribution is 7.80. The molecule has 11 atom stereocenters. The topological polar surface area (TPSA) is 140 Å². The number of rotatable bonds is 5. The van der Waals surface area contributed by atoms with Crippen LogP contribution in [0.2, 0.25) is 0 Å². The van der Waals surface area contributed by atoms with Crippen LogP contribution >= 0.6 is 0 Å². The van der Waals surface area contributed by atoms with Crippen LogP contribution in [-0.2, 0) is 33.6 Å². The van der Waals surface area contributed by atoms with Gasteiger partial charge < -0.3 is 14.6 Å². The Balaban J connectivity index is 1.21. The molecule has 2 N–H and O–H groups in total. The third kappa shape index (κ3) is 3.52. The molecule has 0 amide bonds. The summed E-state index contributed by atoms with van der Waals surface area (Å²) < 4.78 is 47.3. The van der Waals surface area contributed by atoms with Crippen molar-refractivity contribution in [3.8, 4) is 0 Å². The average Bonchev–Trinajstić information content (AvgIpc) is 3.47.